The smallest absolute Gasteiger partial charge is 0.273 e. The number of aromatic nitrogens is 2. The first-order chi connectivity index (χ1) is 13.1. The van der Waals surface area contributed by atoms with Crippen molar-refractivity contribution in [2.24, 2.45) is 5.73 Å². The van der Waals surface area contributed by atoms with Gasteiger partial charge in [-0.05, 0) is 24.5 Å². The molecule has 0 bridgehead atoms. The molecule has 27 heavy (non-hydrogen) atoms. The Hall–Kier alpha value is -2.40. The van der Waals surface area contributed by atoms with Crippen LogP contribution in [0, 0.1) is 11.3 Å². The van der Waals surface area contributed by atoms with E-state index in [-0.39, 0.29) is 18.1 Å². The molecule has 0 radical (unpaired) electrons. The van der Waals surface area contributed by atoms with Crippen LogP contribution >= 0.6 is 22.9 Å². The van der Waals surface area contributed by atoms with Gasteiger partial charge in [-0.1, -0.05) is 29.8 Å². The van der Waals surface area contributed by atoms with Crippen molar-refractivity contribution in [1.82, 2.24) is 9.55 Å². The van der Waals surface area contributed by atoms with E-state index in [9.17, 15) is 10.1 Å². The molecule has 0 aliphatic carbocycles. The summed E-state index contributed by atoms with van der Waals surface area (Å²) in [5.41, 5.74) is 7.88. The molecule has 138 valence electrons. The zero-order valence-corrected chi connectivity index (χ0v) is 16.1. The molecule has 1 aliphatic rings. The van der Waals surface area contributed by atoms with Crippen LogP contribution in [0.25, 0.3) is 10.2 Å². The lowest BCUT2D eigenvalue weighted by molar-refractivity contribution is 0.492. The summed E-state index contributed by atoms with van der Waals surface area (Å²) in [5, 5.41) is 11.6. The molecule has 8 heteroatoms. The molecule has 1 atom stereocenters. The first-order valence-electron chi connectivity index (χ1n) is 8.74. The van der Waals surface area contributed by atoms with Crippen molar-refractivity contribution in [2.45, 2.75) is 25.4 Å². The van der Waals surface area contributed by atoms with Gasteiger partial charge in [0.1, 0.15) is 10.2 Å². The molecule has 1 saturated heterocycles. The van der Waals surface area contributed by atoms with Crippen LogP contribution in [-0.2, 0) is 6.54 Å². The molecule has 1 aliphatic heterocycles. The number of anilines is 1. The van der Waals surface area contributed by atoms with E-state index in [4.69, 9.17) is 22.3 Å². The zero-order chi connectivity index (χ0) is 19.0. The Morgan fingerprint density at radius 1 is 1.41 bits per heavy atom. The zero-order valence-electron chi connectivity index (χ0n) is 14.6. The van der Waals surface area contributed by atoms with Crippen molar-refractivity contribution in [1.29, 1.82) is 5.26 Å². The number of benzene rings is 1. The fourth-order valence-electron chi connectivity index (χ4n) is 3.47. The molecule has 3 aromatic rings. The van der Waals surface area contributed by atoms with Gasteiger partial charge in [0.05, 0.1) is 23.2 Å². The lowest BCUT2D eigenvalue weighted by Gasteiger charge is -2.33. The first kappa shape index (κ1) is 18.0. The molecule has 0 amide bonds. The van der Waals surface area contributed by atoms with Crippen molar-refractivity contribution in [3.05, 3.63) is 56.1 Å². The Labute approximate surface area is 165 Å². The summed E-state index contributed by atoms with van der Waals surface area (Å²) in [5.74, 6) is 0.565. The highest BCUT2D eigenvalue weighted by Crippen LogP contribution is 2.29. The summed E-state index contributed by atoms with van der Waals surface area (Å²) in [4.78, 5) is 20.0. The van der Waals surface area contributed by atoms with Crippen LogP contribution < -0.4 is 16.2 Å². The number of rotatable bonds is 3. The highest BCUT2D eigenvalue weighted by molar-refractivity contribution is 7.17. The van der Waals surface area contributed by atoms with E-state index in [1.54, 1.807) is 16.0 Å². The second-order valence-electron chi connectivity index (χ2n) is 6.68. The molecule has 4 rings (SSSR count). The highest BCUT2D eigenvalue weighted by atomic mass is 35.5. The minimum atomic E-state index is -0.140. The van der Waals surface area contributed by atoms with Gasteiger partial charge in [0.15, 0.2) is 0 Å². The second kappa shape index (κ2) is 7.31. The van der Waals surface area contributed by atoms with Crippen LogP contribution in [0.15, 0.2) is 34.4 Å². The van der Waals surface area contributed by atoms with Gasteiger partial charge in [-0.3, -0.25) is 9.36 Å². The number of fused-ring (bicyclic) bond motifs is 1. The van der Waals surface area contributed by atoms with Crippen LogP contribution in [-0.4, -0.2) is 28.7 Å². The van der Waals surface area contributed by atoms with E-state index in [1.807, 2.05) is 18.2 Å². The fraction of sp³-hybridized carbons (Fsp3) is 0.316. The van der Waals surface area contributed by atoms with Gasteiger partial charge < -0.3 is 10.6 Å². The molecule has 0 spiro atoms. The number of nitrogens with zero attached hydrogens (tertiary/aromatic N) is 4. The molecular formula is C19H18ClN5OS. The van der Waals surface area contributed by atoms with Gasteiger partial charge in [-0.25, -0.2) is 4.98 Å². The summed E-state index contributed by atoms with van der Waals surface area (Å²) < 4.78 is 2.17. The number of halogens is 1. The largest absolute Gasteiger partial charge is 0.341 e. The molecule has 6 nitrogen and oxygen atoms in total. The van der Waals surface area contributed by atoms with Crippen LogP contribution in [0.4, 0.5) is 5.95 Å². The third kappa shape index (κ3) is 3.32. The first-order valence-corrected chi connectivity index (χ1v) is 10.0. The van der Waals surface area contributed by atoms with E-state index in [2.05, 4.69) is 11.0 Å². The number of hydrogen-bond acceptors (Lipinski definition) is 6. The number of nitrogens with two attached hydrogens (primary N) is 1. The maximum atomic E-state index is 13.2. The Morgan fingerprint density at radius 3 is 3.00 bits per heavy atom. The minimum Gasteiger partial charge on any atom is -0.341 e. The van der Waals surface area contributed by atoms with Crippen LogP contribution in [0.1, 0.15) is 24.0 Å². The van der Waals surface area contributed by atoms with E-state index in [0.29, 0.717) is 33.3 Å². The lowest BCUT2D eigenvalue weighted by Crippen LogP contribution is -2.45. The Kier molecular flexibility index (Phi) is 4.87. The quantitative estimate of drug-likeness (QED) is 0.731. The second-order valence-corrected chi connectivity index (χ2v) is 7.97. The van der Waals surface area contributed by atoms with Crippen molar-refractivity contribution >= 4 is 39.1 Å². The van der Waals surface area contributed by atoms with Crippen molar-refractivity contribution < 1.29 is 0 Å². The van der Waals surface area contributed by atoms with Gasteiger partial charge in [0, 0.05) is 24.5 Å². The predicted octanol–water partition coefficient (Wildman–Crippen LogP) is 2.96. The summed E-state index contributed by atoms with van der Waals surface area (Å²) in [6, 6.07) is 9.54. The number of nitriles is 1. The van der Waals surface area contributed by atoms with Crippen LogP contribution in [0.2, 0.25) is 5.02 Å². The van der Waals surface area contributed by atoms with Gasteiger partial charge in [0.2, 0.25) is 5.95 Å². The third-order valence-electron chi connectivity index (χ3n) is 4.82. The third-order valence-corrected chi connectivity index (χ3v) is 6.20. The molecule has 2 N–H and O–H groups in total. The van der Waals surface area contributed by atoms with Gasteiger partial charge in [-0.2, -0.15) is 5.26 Å². The number of hydrogen-bond donors (Lipinski definition) is 1. The molecule has 3 heterocycles. The van der Waals surface area contributed by atoms with Crippen molar-refractivity contribution in [2.75, 3.05) is 18.0 Å². The van der Waals surface area contributed by atoms with Crippen LogP contribution in [0.5, 0.6) is 0 Å². The molecule has 1 aromatic carbocycles. The molecule has 1 fully saturated rings. The summed E-state index contributed by atoms with van der Waals surface area (Å²) >= 11 is 7.55. The van der Waals surface area contributed by atoms with Crippen molar-refractivity contribution in [3.8, 4) is 6.07 Å². The Balaban J connectivity index is 1.89. The molecular weight excluding hydrogens is 382 g/mol. The maximum Gasteiger partial charge on any atom is 0.273 e. The SMILES string of the molecule is N#Cc1ccccc1Cn1c(N2CCC[C@H](N)C2)nc2c(Cl)csc2c1=O. The number of piperidine rings is 1. The van der Waals surface area contributed by atoms with E-state index >= 15 is 0 Å². The fourth-order valence-corrected chi connectivity index (χ4v) is 4.61. The normalized spacial score (nSPS) is 17.2. The molecule has 0 saturated carbocycles. The topological polar surface area (TPSA) is 87.9 Å². The molecule has 0 unspecified atom stereocenters. The predicted molar refractivity (Wildman–Crippen MR) is 109 cm³/mol. The Morgan fingerprint density at radius 2 is 2.22 bits per heavy atom. The monoisotopic (exact) mass is 399 g/mol. The molecule has 2 aromatic heterocycles. The highest BCUT2D eigenvalue weighted by Gasteiger charge is 2.24. The van der Waals surface area contributed by atoms with Crippen molar-refractivity contribution in [3.63, 3.8) is 0 Å². The van der Waals surface area contributed by atoms with E-state index in [0.717, 1.165) is 24.9 Å². The summed E-state index contributed by atoms with van der Waals surface area (Å²) in [6.07, 6.45) is 1.90. The summed E-state index contributed by atoms with van der Waals surface area (Å²) in [6.45, 7) is 1.70. The summed E-state index contributed by atoms with van der Waals surface area (Å²) in [7, 11) is 0. The van der Waals surface area contributed by atoms with Gasteiger partial charge in [-0.15, -0.1) is 11.3 Å². The Bertz CT molecular complexity index is 1100. The van der Waals surface area contributed by atoms with E-state index < -0.39 is 0 Å². The number of thiophene rings is 1. The maximum absolute atomic E-state index is 13.2. The van der Waals surface area contributed by atoms with Crippen LogP contribution in [0.3, 0.4) is 0 Å². The minimum absolute atomic E-state index is 0.0455. The standard InChI is InChI=1S/C19H18ClN5OS/c20-15-11-27-17-16(15)23-19(24-7-3-6-14(22)10-24)25(18(17)26)9-13-5-2-1-4-12(13)8-21/h1-2,4-5,11,14H,3,6-7,9-10,22H2/t14-/m0/s1. The van der Waals surface area contributed by atoms with Gasteiger partial charge in [0.25, 0.3) is 5.56 Å². The van der Waals surface area contributed by atoms with Gasteiger partial charge >= 0.3 is 0 Å². The average Bonchev–Trinajstić information content (AvgIpc) is 3.05. The lowest BCUT2D eigenvalue weighted by atomic mass is 10.1. The average molecular weight is 400 g/mol. The van der Waals surface area contributed by atoms with E-state index in [1.165, 1.54) is 11.3 Å².